The molecule has 0 aliphatic heterocycles. The van der Waals surface area contributed by atoms with Gasteiger partial charge in [-0.15, -0.1) is 0 Å². The van der Waals surface area contributed by atoms with Gasteiger partial charge in [0, 0.05) is 5.02 Å². The molecule has 0 aliphatic carbocycles. The van der Waals surface area contributed by atoms with Gasteiger partial charge in [0.15, 0.2) is 11.5 Å². The van der Waals surface area contributed by atoms with Crippen molar-refractivity contribution in [3.8, 4) is 11.5 Å². The van der Waals surface area contributed by atoms with E-state index in [-0.39, 0.29) is 12.3 Å². The molecule has 5 nitrogen and oxygen atoms in total. The monoisotopic (exact) mass is 422 g/mol. The van der Waals surface area contributed by atoms with Gasteiger partial charge < -0.3 is 9.47 Å². The number of benzene rings is 3. The van der Waals surface area contributed by atoms with Crippen molar-refractivity contribution >= 4 is 23.7 Å². The first-order valence-electron chi connectivity index (χ1n) is 9.46. The van der Waals surface area contributed by atoms with Crippen molar-refractivity contribution in [2.75, 3.05) is 7.11 Å². The van der Waals surface area contributed by atoms with E-state index in [2.05, 4.69) is 10.5 Å². The Hall–Kier alpha value is -3.31. The number of ether oxygens (including phenoxy) is 2. The van der Waals surface area contributed by atoms with Crippen LogP contribution in [0.15, 0.2) is 71.8 Å². The van der Waals surface area contributed by atoms with E-state index in [1.54, 1.807) is 19.4 Å². The van der Waals surface area contributed by atoms with Crippen molar-refractivity contribution in [1.82, 2.24) is 5.43 Å². The van der Waals surface area contributed by atoms with Crippen molar-refractivity contribution in [2.45, 2.75) is 20.0 Å². The van der Waals surface area contributed by atoms with Crippen LogP contribution in [0.2, 0.25) is 5.02 Å². The fraction of sp³-hybridized carbons (Fsp3) is 0.167. The number of nitrogens with one attached hydrogen (secondary N) is 1. The normalized spacial score (nSPS) is 10.8. The van der Waals surface area contributed by atoms with Gasteiger partial charge in [-0.1, -0.05) is 53.6 Å². The quantitative estimate of drug-likeness (QED) is 0.413. The van der Waals surface area contributed by atoms with Crippen LogP contribution in [-0.2, 0) is 17.8 Å². The summed E-state index contributed by atoms with van der Waals surface area (Å²) in [5.41, 5.74) is 6.43. The number of carbonyl (C=O) groups excluding carboxylic acids is 1. The van der Waals surface area contributed by atoms with E-state index < -0.39 is 0 Å². The van der Waals surface area contributed by atoms with Crippen LogP contribution in [0.3, 0.4) is 0 Å². The predicted octanol–water partition coefficient (Wildman–Crippen LogP) is 4.93. The second kappa shape index (κ2) is 10.5. The molecule has 3 rings (SSSR count). The molecule has 0 spiro atoms. The van der Waals surface area contributed by atoms with Crippen LogP contribution >= 0.6 is 11.6 Å². The molecular formula is C24H23ClN2O3. The number of methoxy groups -OCH3 is 1. The van der Waals surface area contributed by atoms with Gasteiger partial charge in [0.1, 0.15) is 6.61 Å². The van der Waals surface area contributed by atoms with Crippen LogP contribution in [0.4, 0.5) is 0 Å². The Labute approximate surface area is 181 Å². The molecule has 0 bridgehead atoms. The maximum Gasteiger partial charge on any atom is 0.244 e. The lowest BCUT2D eigenvalue weighted by Crippen LogP contribution is -2.19. The molecule has 0 aromatic heterocycles. The fourth-order valence-corrected chi connectivity index (χ4v) is 2.86. The molecule has 0 heterocycles. The molecule has 1 N–H and O–H groups in total. The van der Waals surface area contributed by atoms with Gasteiger partial charge in [0.25, 0.3) is 0 Å². The summed E-state index contributed by atoms with van der Waals surface area (Å²) in [5.74, 6) is 1.02. The SMILES string of the molecule is COc1cc(/C=N\NC(=O)Cc2ccc(C)cc2)ccc1OCc1ccc(Cl)cc1. The molecule has 6 heteroatoms. The lowest BCUT2D eigenvalue weighted by molar-refractivity contribution is -0.120. The van der Waals surface area contributed by atoms with E-state index in [1.807, 2.05) is 67.6 Å². The lowest BCUT2D eigenvalue weighted by Gasteiger charge is -2.11. The van der Waals surface area contributed by atoms with E-state index in [0.29, 0.717) is 23.1 Å². The fourth-order valence-electron chi connectivity index (χ4n) is 2.74. The second-order valence-electron chi connectivity index (χ2n) is 6.78. The van der Waals surface area contributed by atoms with Gasteiger partial charge in [-0.3, -0.25) is 4.79 Å². The van der Waals surface area contributed by atoms with E-state index in [1.165, 1.54) is 0 Å². The lowest BCUT2D eigenvalue weighted by atomic mass is 10.1. The molecule has 30 heavy (non-hydrogen) atoms. The van der Waals surface area contributed by atoms with Gasteiger partial charge in [-0.05, 0) is 53.9 Å². The first-order chi connectivity index (χ1) is 14.5. The van der Waals surface area contributed by atoms with Crippen LogP contribution in [-0.4, -0.2) is 19.2 Å². The molecule has 0 aliphatic rings. The Bertz CT molecular complexity index is 1020. The Morgan fingerprint density at radius 2 is 1.70 bits per heavy atom. The maximum absolute atomic E-state index is 12.0. The molecule has 0 saturated carbocycles. The van der Waals surface area contributed by atoms with Crippen molar-refractivity contribution in [1.29, 1.82) is 0 Å². The summed E-state index contributed by atoms with van der Waals surface area (Å²) >= 11 is 5.90. The highest BCUT2D eigenvalue weighted by Crippen LogP contribution is 2.28. The van der Waals surface area contributed by atoms with E-state index in [0.717, 1.165) is 22.3 Å². The largest absolute Gasteiger partial charge is 0.493 e. The van der Waals surface area contributed by atoms with Crippen LogP contribution in [0.1, 0.15) is 22.3 Å². The first-order valence-corrected chi connectivity index (χ1v) is 9.84. The van der Waals surface area contributed by atoms with Gasteiger partial charge in [0.05, 0.1) is 19.7 Å². The molecule has 0 radical (unpaired) electrons. The number of nitrogens with zero attached hydrogens (tertiary/aromatic N) is 1. The van der Waals surface area contributed by atoms with Gasteiger partial charge >= 0.3 is 0 Å². The Morgan fingerprint density at radius 1 is 1.00 bits per heavy atom. The summed E-state index contributed by atoms with van der Waals surface area (Å²) in [5, 5.41) is 4.71. The number of hydrogen-bond acceptors (Lipinski definition) is 4. The molecule has 0 atom stereocenters. The summed E-state index contributed by atoms with van der Waals surface area (Å²) in [6.07, 6.45) is 1.84. The molecule has 3 aromatic rings. The summed E-state index contributed by atoms with van der Waals surface area (Å²) in [6.45, 7) is 2.41. The zero-order chi connectivity index (χ0) is 21.3. The van der Waals surface area contributed by atoms with E-state index >= 15 is 0 Å². The van der Waals surface area contributed by atoms with Gasteiger partial charge in [-0.25, -0.2) is 5.43 Å². The smallest absolute Gasteiger partial charge is 0.244 e. The van der Waals surface area contributed by atoms with E-state index in [9.17, 15) is 4.79 Å². The standard InChI is InChI=1S/C24H23ClN2O3/c1-17-3-5-18(6-4-17)14-24(28)27-26-15-20-9-12-22(23(13-20)29-2)30-16-19-7-10-21(25)11-8-19/h3-13,15H,14,16H2,1-2H3,(H,27,28)/b26-15-. The second-order valence-corrected chi connectivity index (χ2v) is 7.22. The summed E-state index contributed by atoms with van der Waals surface area (Å²) in [6, 6.07) is 20.8. The maximum atomic E-state index is 12.0. The average Bonchev–Trinajstić information content (AvgIpc) is 2.75. The van der Waals surface area contributed by atoms with Gasteiger partial charge in [-0.2, -0.15) is 5.10 Å². The van der Waals surface area contributed by atoms with Crippen LogP contribution in [0.5, 0.6) is 11.5 Å². The average molecular weight is 423 g/mol. The molecule has 0 saturated heterocycles. The molecule has 0 unspecified atom stereocenters. The van der Waals surface area contributed by atoms with Crippen LogP contribution < -0.4 is 14.9 Å². The van der Waals surface area contributed by atoms with Crippen molar-refractivity contribution < 1.29 is 14.3 Å². The molecule has 1 amide bonds. The Morgan fingerprint density at radius 3 is 2.40 bits per heavy atom. The predicted molar refractivity (Wildman–Crippen MR) is 119 cm³/mol. The number of amides is 1. The number of hydrogen-bond donors (Lipinski definition) is 1. The minimum absolute atomic E-state index is 0.176. The third-order valence-electron chi connectivity index (χ3n) is 4.38. The molecule has 3 aromatic carbocycles. The topological polar surface area (TPSA) is 59.9 Å². The minimum atomic E-state index is -0.176. The highest BCUT2D eigenvalue weighted by atomic mass is 35.5. The number of aryl methyl sites for hydroxylation is 1. The van der Waals surface area contributed by atoms with Crippen LogP contribution in [0, 0.1) is 6.92 Å². The highest BCUT2D eigenvalue weighted by molar-refractivity contribution is 6.30. The van der Waals surface area contributed by atoms with Crippen LogP contribution in [0.25, 0.3) is 0 Å². The molecule has 0 fully saturated rings. The highest BCUT2D eigenvalue weighted by Gasteiger charge is 2.06. The summed E-state index contributed by atoms with van der Waals surface area (Å²) in [7, 11) is 1.58. The zero-order valence-corrected chi connectivity index (χ0v) is 17.6. The van der Waals surface area contributed by atoms with Gasteiger partial charge in [0.2, 0.25) is 5.91 Å². The molecular weight excluding hydrogens is 400 g/mol. The summed E-state index contributed by atoms with van der Waals surface area (Å²) in [4.78, 5) is 12.0. The van der Waals surface area contributed by atoms with Crippen molar-refractivity contribution in [2.24, 2.45) is 5.10 Å². The minimum Gasteiger partial charge on any atom is -0.493 e. The number of carbonyl (C=O) groups is 1. The third kappa shape index (κ3) is 6.36. The molecule has 154 valence electrons. The number of halogens is 1. The third-order valence-corrected chi connectivity index (χ3v) is 4.64. The Balaban J connectivity index is 1.56. The number of hydrazone groups is 1. The van der Waals surface area contributed by atoms with Crippen molar-refractivity contribution in [3.05, 3.63) is 94.0 Å². The summed E-state index contributed by atoms with van der Waals surface area (Å²) < 4.78 is 11.3. The van der Waals surface area contributed by atoms with E-state index in [4.69, 9.17) is 21.1 Å². The number of rotatable bonds is 8. The zero-order valence-electron chi connectivity index (χ0n) is 16.9. The van der Waals surface area contributed by atoms with Crippen molar-refractivity contribution in [3.63, 3.8) is 0 Å². The first kappa shape index (κ1) is 21.4. The Kier molecular flexibility index (Phi) is 7.46.